The van der Waals surface area contributed by atoms with Crippen LogP contribution in [0.5, 0.6) is 0 Å². The Hall–Kier alpha value is -2.98. The number of alkyl halides is 2. The van der Waals surface area contributed by atoms with Crippen molar-refractivity contribution in [1.82, 2.24) is 9.88 Å². The van der Waals surface area contributed by atoms with Crippen molar-refractivity contribution in [2.24, 2.45) is 10.2 Å². The fourth-order valence-corrected chi connectivity index (χ4v) is 5.14. The summed E-state index contributed by atoms with van der Waals surface area (Å²) in [5.41, 5.74) is 3.80. The summed E-state index contributed by atoms with van der Waals surface area (Å²) >= 11 is 1.76. The summed E-state index contributed by atoms with van der Waals surface area (Å²) in [4.78, 5) is 12.8. The Morgan fingerprint density at radius 3 is 2.62 bits per heavy atom. The summed E-state index contributed by atoms with van der Waals surface area (Å²) in [6.45, 7) is 3.76. The highest BCUT2D eigenvalue weighted by Crippen LogP contribution is 2.28. The Balaban J connectivity index is 1.42. The van der Waals surface area contributed by atoms with Crippen LogP contribution in [0.1, 0.15) is 22.5 Å². The molecule has 4 rings (SSSR count). The minimum atomic E-state index is -2.47. The van der Waals surface area contributed by atoms with Gasteiger partial charge in [0.15, 0.2) is 5.17 Å². The molecular weight excluding hydrogens is 481 g/mol. The lowest BCUT2D eigenvalue weighted by Crippen LogP contribution is -2.25. The van der Waals surface area contributed by atoms with Crippen LogP contribution >= 0.6 is 23.5 Å². The van der Waals surface area contributed by atoms with Gasteiger partial charge in [0.1, 0.15) is 5.82 Å². The van der Waals surface area contributed by atoms with Gasteiger partial charge < -0.3 is 9.88 Å². The van der Waals surface area contributed by atoms with Crippen molar-refractivity contribution in [1.29, 1.82) is 0 Å². The second-order valence-corrected chi connectivity index (χ2v) is 9.84. The van der Waals surface area contributed by atoms with Crippen molar-refractivity contribution in [2.45, 2.75) is 36.2 Å². The lowest BCUT2D eigenvalue weighted by Gasteiger charge is -2.10. The molecule has 1 saturated heterocycles. The number of nitrogens with one attached hydrogen (secondary N) is 1. The third kappa shape index (κ3) is 5.56. The fourth-order valence-electron chi connectivity index (χ4n) is 3.67. The smallest absolute Gasteiger partial charge is 0.288 e. The maximum Gasteiger partial charge on any atom is 0.288 e. The number of thioether (sulfide) groups is 2. The second-order valence-electron chi connectivity index (χ2n) is 7.59. The zero-order valence-corrected chi connectivity index (χ0v) is 20.0. The maximum absolute atomic E-state index is 14.2. The molecule has 5 nitrogen and oxygen atoms in total. The minimum Gasteiger partial charge on any atom is -0.315 e. The number of carbonyl (C=O) groups is 1. The van der Waals surface area contributed by atoms with E-state index < -0.39 is 5.76 Å². The van der Waals surface area contributed by atoms with E-state index in [1.807, 2.05) is 24.5 Å². The molecule has 0 aliphatic carbocycles. The molecule has 1 aliphatic heterocycles. The van der Waals surface area contributed by atoms with E-state index in [2.05, 4.69) is 15.5 Å². The van der Waals surface area contributed by atoms with Gasteiger partial charge >= 0.3 is 0 Å². The van der Waals surface area contributed by atoms with E-state index >= 15 is 0 Å². The second kappa shape index (κ2) is 10.5. The summed E-state index contributed by atoms with van der Waals surface area (Å²) < 4.78 is 41.0. The van der Waals surface area contributed by atoms with Crippen molar-refractivity contribution in [3.63, 3.8) is 0 Å². The zero-order valence-electron chi connectivity index (χ0n) is 18.3. The summed E-state index contributed by atoms with van der Waals surface area (Å²) in [6, 6.07) is 15.2. The predicted molar refractivity (Wildman–Crippen MR) is 132 cm³/mol. The van der Waals surface area contributed by atoms with Crippen molar-refractivity contribution in [3.8, 4) is 5.69 Å². The molecule has 34 heavy (non-hydrogen) atoms. The van der Waals surface area contributed by atoms with Crippen molar-refractivity contribution in [3.05, 3.63) is 82.9 Å². The Labute approximate surface area is 203 Å². The van der Waals surface area contributed by atoms with Crippen LogP contribution in [0.15, 0.2) is 69.7 Å². The molecule has 2 heterocycles. The normalized spacial score (nSPS) is 17.3. The fraction of sp³-hybridized carbons (Fsp3) is 0.208. The van der Waals surface area contributed by atoms with Gasteiger partial charge in [-0.1, -0.05) is 47.8 Å². The van der Waals surface area contributed by atoms with Crippen LogP contribution in [-0.2, 0) is 11.2 Å². The zero-order chi connectivity index (χ0) is 24.2. The van der Waals surface area contributed by atoms with Crippen molar-refractivity contribution in [2.75, 3.05) is 0 Å². The largest absolute Gasteiger partial charge is 0.315 e. The molecule has 1 fully saturated rings. The molecule has 0 bridgehead atoms. The average molecular weight is 503 g/mol. The van der Waals surface area contributed by atoms with Crippen molar-refractivity contribution >= 4 is 40.8 Å². The van der Waals surface area contributed by atoms with Crippen LogP contribution in [0, 0.1) is 19.7 Å². The van der Waals surface area contributed by atoms with Crippen molar-refractivity contribution < 1.29 is 18.0 Å². The Bertz CT molecular complexity index is 1260. The van der Waals surface area contributed by atoms with E-state index in [1.165, 1.54) is 17.8 Å². The molecule has 1 atom stereocenters. The number of amides is 1. The lowest BCUT2D eigenvalue weighted by molar-refractivity contribution is -0.118. The van der Waals surface area contributed by atoms with Gasteiger partial charge in [0.05, 0.1) is 17.2 Å². The lowest BCUT2D eigenvalue weighted by atomic mass is 10.1. The third-order valence-corrected chi connectivity index (χ3v) is 7.05. The Morgan fingerprint density at radius 1 is 1.18 bits per heavy atom. The summed E-state index contributed by atoms with van der Waals surface area (Å²) in [5, 5.41) is 11.0. The third-order valence-electron chi connectivity index (χ3n) is 5.26. The first-order valence-electron chi connectivity index (χ1n) is 10.4. The van der Waals surface area contributed by atoms with Gasteiger partial charge in [-0.2, -0.15) is 13.9 Å². The molecule has 10 heteroatoms. The topological polar surface area (TPSA) is 58.8 Å². The molecule has 1 N–H and O–H groups in total. The number of hydrogen-bond acceptors (Lipinski definition) is 5. The number of rotatable bonds is 7. The molecule has 0 radical (unpaired) electrons. The van der Waals surface area contributed by atoms with Crippen LogP contribution in [0.4, 0.5) is 13.2 Å². The van der Waals surface area contributed by atoms with Crippen LogP contribution in [0.25, 0.3) is 5.69 Å². The summed E-state index contributed by atoms with van der Waals surface area (Å²) in [6.07, 6.45) is 2.02. The Kier molecular flexibility index (Phi) is 7.47. The first-order chi connectivity index (χ1) is 16.3. The molecule has 176 valence electrons. The number of aromatic nitrogens is 1. The maximum atomic E-state index is 14.2. The standard InChI is InChI=1S/C24H21F3N4OS2/c1-14-11-17(15(2)31(14)20-6-4-3-5-19(20)25)13-28-30-24-29-22(32)21(34-24)12-16-7-9-18(10-8-16)33-23(26)27/h3-11,13,21,23H,12H2,1-2H3,(H,29,30,32). The highest BCUT2D eigenvalue weighted by Gasteiger charge is 2.30. The monoisotopic (exact) mass is 502 g/mol. The van der Waals surface area contributed by atoms with E-state index in [9.17, 15) is 18.0 Å². The van der Waals surface area contributed by atoms with Gasteiger partial charge in [0.2, 0.25) is 5.91 Å². The van der Waals surface area contributed by atoms with Gasteiger partial charge in [0.25, 0.3) is 5.76 Å². The first kappa shape index (κ1) is 24.2. The van der Waals surface area contributed by atoms with E-state index in [1.54, 1.807) is 48.7 Å². The molecule has 0 spiro atoms. The number of halogens is 3. The molecule has 1 aliphatic rings. The number of aryl methyl sites for hydroxylation is 1. The van der Waals surface area contributed by atoms with Crippen LogP contribution in [0.2, 0.25) is 0 Å². The molecule has 2 aromatic carbocycles. The molecule has 1 amide bonds. The first-order valence-corrected chi connectivity index (χ1v) is 12.1. The molecular formula is C24H21F3N4OS2. The van der Waals surface area contributed by atoms with Crippen LogP contribution in [-0.4, -0.2) is 32.9 Å². The van der Waals surface area contributed by atoms with Crippen LogP contribution in [0.3, 0.4) is 0 Å². The van der Waals surface area contributed by atoms with E-state index in [0.717, 1.165) is 22.5 Å². The van der Waals surface area contributed by atoms with Gasteiger partial charge in [-0.15, -0.1) is 5.10 Å². The van der Waals surface area contributed by atoms with E-state index in [4.69, 9.17) is 0 Å². The molecule has 1 aromatic heterocycles. The highest BCUT2D eigenvalue weighted by atomic mass is 32.2. The quantitative estimate of drug-likeness (QED) is 0.256. The number of benzene rings is 2. The van der Waals surface area contributed by atoms with Gasteiger partial charge in [0, 0.05) is 21.8 Å². The molecule has 3 aromatic rings. The molecule has 0 saturated carbocycles. The van der Waals surface area contributed by atoms with Gasteiger partial charge in [-0.25, -0.2) is 4.39 Å². The van der Waals surface area contributed by atoms with E-state index in [0.29, 0.717) is 33.9 Å². The number of para-hydroxylation sites is 1. The highest BCUT2D eigenvalue weighted by molar-refractivity contribution is 8.15. The number of amidine groups is 1. The minimum absolute atomic E-state index is 0.178. The number of nitrogens with zero attached hydrogens (tertiary/aromatic N) is 3. The number of carbonyl (C=O) groups excluding carboxylic acids is 1. The van der Waals surface area contributed by atoms with E-state index in [-0.39, 0.29) is 17.0 Å². The SMILES string of the molecule is Cc1cc(C=NN=C2NC(=O)C(Cc3ccc(SC(F)F)cc3)S2)c(C)n1-c1ccccc1F. The van der Waals surface area contributed by atoms with Gasteiger partial charge in [-0.3, -0.25) is 4.79 Å². The summed E-state index contributed by atoms with van der Waals surface area (Å²) in [7, 11) is 0. The van der Waals surface area contributed by atoms with Gasteiger partial charge in [-0.05, 0) is 56.2 Å². The number of hydrogen-bond donors (Lipinski definition) is 1. The molecule has 1 unspecified atom stereocenters. The van der Waals surface area contributed by atoms with Crippen LogP contribution < -0.4 is 5.32 Å². The average Bonchev–Trinajstić information content (AvgIpc) is 3.27. The predicted octanol–water partition coefficient (Wildman–Crippen LogP) is 5.71. The Morgan fingerprint density at radius 2 is 1.91 bits per heavy atom. The summed E-state index contributed by atoms with van der Waals surface area (Å²) in [5.74, 6) is -2.96.